The van der Waals surface area contributed by atoms with E-state index >= 15 is 0 Å². The molecule has 0 saturated heterocycles. The van der Waals surface area contributed by atoms with E-state index in [0.717, 1.165) is 4.68 Å². The molecule has 0 aliphatic rings. The lowest BCUT2D eigenvalue weighted by molar-refractivity contribution is 0.0776. The number of carbonyl (C=O) groups is 1. The van der Waals surface area contributed by atoms with Gasteiger partial charge in [0.05, 0.1) is 10.6 Å². The molecule has 10 heteroatoms. The van der Waals surface area contributed by atoms with Crippen molar-refractivity contribution in [2.45, 2.75) is 11.4 Å². The van der Waals surface area contributed by atoms with Crippen LogP contribution >= 0.6 is 0 Å². The van der Waals surface area contributed by atoms with Gasteiger partial charge in [-0.05, 0) is 42.0 Å². The number of hydrogen-bond donors (Lipinski definition) is 1. The molecule has 0 unspecified atom stereocenters. The van der Waals surface area contributed by atoms with Crippen molar-refractivity contribution >= 4 is 15.9 Å². The fourth-order valence-corrected chi connectivity index (χ4v) is 3.49. The first-order chi connectivity index (χ1) is 13.7. The molecule has 0 spiro atoms. The van der Waals surface area contributed by atoms with E-state index in [4.69, 9.17) is 5.14 Å². The Labute approximate surface area is 166 Å². The molecule has 1 aromatic heterocycles. The van der Waals surface area contributed by atoms with Gasteiger partial charge < -0.3 is 4.90 Å². The molecule has 29 heavy (non-hydrogen) atoms. The van der Waals surface area contributed by atoms with Gasteiger partial charge in [0.2, 0.25) is 10.0 Å². The molecule has 0 radical (unpaired) electrons. The summed E-state index contributed by atoms with van der Waals surface area (Å²) in [6, 6.07) is 13.6. The van der Waals surface area contributed by atoms with Gasteiger partial charge in [0, 0.05) is 19.7 Å². The van der Waals surface area contributed by atoms with E-state index in [1.54, 1.807) is 12.1 Å². The Balaban J connectivity index is 1.91. The number of carbonyl (C=O) groups excluding carboxylic acids is 1. The lowest BCUT2D eigenvalue weighted by atomic mass is 10.2. The number of amides is 1. The van der Waals surface area contributed by atoms with Crippen LogP contribution in [0.25, 0.3) is 5.69 Å². The van der Waals surface area contributed by atoms with Gasteiger partial charge in [0.15, 0.2) is 0 Å². The van der Waals surface area contributed by atoms with Crippen molar-refractivity contribution in [3.05, 3.63) is 88.1 Å². The van der Waals surface area contributed by atoms with Crippen molar-refractivity contribution < 1.29 is 17.6 Å². The van der Waals surface area contributed by atoms with Gasteiger partial charge in [-0.3, -0.25) is 9.59 Å². The van der Waals surface area contributed by atoms with Crippen LogP contribution in [0, 0.1) is 5.82 Å². The van der Waals surface area contributed by atoms with Crippen LogP contribution in [-0.2, 0) is 16.6 Å². The summed E-state index contributed by atoms with van der Waals surface area (Å²) in [5.41, 5.74) is 0.117. The van der Waals surface area contributed by atoms with Crippen LogP contribution in [0.5, 0.6) is 0 Å². The second-order valence-corrected chi connectivity index (χ2v) is 7.79. The van der Waals surface area contributed by atoms with E-state index < -0.39 is 27.3 Å². The van der Waals surface area contributed by atoms with Crippen molar-refractivity contribution in [1.82, 2.24) is 14.7 Å². The normalized spacial score (nSPS) is 11.3. The monoisotopic (exact) mass is 416 g/mol. The third kappa shape index (κ3) is 4.55. The van der Waals surface area contributed by atoms with E-state index in [1.807, 2.05) is 0 Å². The van der Waals surface area contributed by atoms with Gasteiger partial charge in [-0.25, -0.2) is 17.9 Å². The first-order valence-corrected chi connectivity index (χ1v) is 9.94. The van der Waals surface area contributed by atoms with Gasteiger partial charge in [-0.2, -0.15) is 9.78 Å². The van der Waals surface area contributed by atoms with E-state index in [-0.39, 0.29) is 17.1 Å². The topological polar surface area (TPSA) is 115 Å². The van der Waals surface area contributed by atoms with Crippen LogP contribution in [-0.4, -0.2) is 36.1 Å². The quantitative estimate of drug-likeness (QED) is 0.673. The van der Waals surface area contributed by atoms with E-state index in [0.29, 0.717) is 11.3 Å². The Bertz CT molecular complexity index is 1220. The minimum atomic E-state index is -3.95. The predicted molar refractivity (Wildman–Crippen MR) is 103 cm³/mol. The highest BCUT2D eigenvalue weighted by Crippen LogP contribution is 2.16. The number of rotatable bonds is 5. The number of aromatic nitrogens is 2. The average molecular weight is 416 g/mol. The predicted octanol–water partition coefficient (Wildman–Crippen LogP) is 1.29. The first-order valence-electron chi connectivity index (χ1n) is 8.39. The fraction of sp³-hybridized carbons (Fsp3) is 0.105. The summed E-state index contributed by atoms with van der Waals surface area (Å²) in [5.74, 6) is -1.01. The number of sulfonamides is 1. The molecule has 8 nitrogen and oxygen atoms in total. The minimum absolute atomic E-state index is 0.0375. The van der Waals surface area contributed by atoms with Crippen molar-refractivity contribution in [3.63, 3.8) is 0 Å². The molecule has 0 saturated carbocycles. The van der Waals surface area contributed by atoms with Gasteiger partial charge >= 0.3 is 0 Å². The Morgan fingerprint density at radius 3 is 2.41 bits per heavy atom. The standard InChI is InChI=1S/C19H17FN4O4S/c1-23(12-13-4-2-3-5-17(13)29(21,27)28)19(26)16-10-11-18(25)24(22-16)15-8-6-14(20)7-9-15/h2-11H,12H2,1H3,(H2,21,27,28). The summed E-state index contributed by atoms with van der Waals surface area (Å²) in [6.07, 6.45) is 0. The number of nitrogens with two attached hydrogens (primary N) is 1. The molecule has 0 aliphatic heterocycles. The zero-order chi connectivity index (χ0) is 21.2. The summed E-state index contributed by atoms with van der Waals surface area (Å²) >= 11 is 0. The average Bonchev–Trinajstić information content (AvgIpc) is 2.68. The Morgan fingerprint density at radius 1 is 1.10 bits per heavy atom. The van der Waals surface area contributed by atoms with E-state index in [1.165, 1.54) is 60.5 Å². The summed E-state index contributed by atoms with van der Waals surface area (Å²) in [6.45, 7) is -0.0389. The van der Waals surface area contributed by atoms with Crippen LogP contribution in [0.2, 0.25) is 0 Å². The molecule has 0 aliphatic carbocycles. The third-order valence-corrected chi connectivity index (χ3v) is 5.14. The van der Waals surface area contributed by atoms with E-state index in [2.05, 4.69) is 5.10 Å². The smallest absolute Gasteiger partial charge is 0.274 e. The van der Waals surface area contributed by atoms with Crippen molar-refractivity contribution in [1.29, 1.82) is 0 Å². The highest BCUT2D eigenvalue weighted by Gasteiger charge is 2.19. The second-order valence-electron chi connectivity index (χ2n) is 6.26. The molecule has 2 aromatic carbocycles. The van der Waals surface area contributed by atoms with E-state index in [9.17, 15) is 22.4 Å². The van der Waals surface area contributed by atoms with Gasteiger partial charge in [0.1, 0.15) is 11.5 Å². The molecule has 1 amide bonds. The molecule has 1 heterocycles. The molecule has 3 aromatic rings. The number of hydrogen-bond acceptors (Lipinski definition) is 5. The van der Waals surface area contributed by atoms with Crippen LogP contribution in [0.4, 0.5) is 4.39 Å². The number of primary sulfonamides is 1. The van der Waals surface area contributed by atoms with Crippen LogP contribution < -0.4 is 10.7 Å². The maximum absolute atomic E-state index is 13.1. The lowest BCUT2D eigenvalue weighted by Crippen LogP contribution is -2.31. The molecule has 3 rings (SSSR count). The lowest BCUT2D eigenvalue weighted by Gasteiger charge is -2.18. The molecule has 0 atom stereocenters. The zero-order valence-electron chi connectivity index (χ0n) is 15.3. The van der Waals surface area contributed by atoms with Gasteiger partial charge in [-0.1, -0.05) is 18.2 Å². The van der Waals surface area contributed by atoms with Crippen LogP contribution in [0.3, 0.4) is 0 Å². The highest BCUT2D eigenvalue weighted by molar-refractivity contribution is 7.89. The SMILES string of the molecule is CN(Cc1ccccc1S(N)(=O)=O)C(=O)c1ccc(=O)n(-c2ccc(F)cc2)n1. The maximum atomic E-state index is 13.1. The molecule has 0 fully saturated rings. The number of halogens is 1. The summed E-state index contributed by atoms with van der Waals surface area (Å²) in [4.78, 5) is 26.0. The summed E-state index contributed by atoms with van der Waals surface area (Å²) in [5, 5.41) is 9.28. The Hall–Kier alpha value is -3.37. The van der Waals surface area contributed by atoms with Crippen molar-refractivity contribution in [2.24, 2.45) is 5.14 Å². The highest BCUT2D eigenvalue weighted by atomic mass is 32.2. The Morgan fingerprint density at radius 2 is 1.76 bits per heavy atom. The Kier molecular flexibility index (Phi) is 5.57. The zero-order valence-corrected chi connectivity index (χ0v) is 16.1. The van der Waals surface area contributed by atoms with Crippen LogP contribution in [0.1, 0.15) is 16.1 Å². The van der Waals surface area contributed by atoms with Crippen LogP contribution in [0.15, 0.2) is 70.4 Å². The maximum Gasteiger partial charge on any atom is 0.274 e. The molecule has 2 N–H and O–H groups in total. The number of nitrogens with zero attached hydrogens (tertiary/aromatic N) is 3. The third-order valence-electron chi connectivity index (χ3n) is 4.12. The molecular weight excluding hydrogens is 399 g/mol. The first kappa shape index (κ1) is 20.4. The molecule has 150 valence electrons. The molecular formula is C19H17FN4O4S. The number of benzene rings is 2. The summed E-state index contributed by atoms with van der Waals surface area (Å²) in [7, 11) is -2.48. The van der Waals surface area contributed by atoms with Gasteiger partial charge in [-0.15, -0.1) is 0 Å². The fourth-order valence-electron chi connectivity index (χ4n) is 2.73. The largest absolute Gasteiger partial charge is 0.336 e. The molecule has 0 bridgehead atoms. The van der Waals surface area contributed by atoms with Crippen molar-refractivity contribution in [2.75, 3.05) is 7.05 Å². The van der Waals surface area contributed by atoms with Crippen molar-refractivity contribution in [3.8, 4) is 5.69 Å². The summed E-state index contributed by atoms with van der Waals surface area (Å²) < 4.78 is 37.6. The van der Waals surface area contributed by atoms with Gasteiger partial charge in [0.25, 0.3) is 11.5 Å². The minimum Gasteiger partial charge on any atom is -0.336 e. The second kappa shape index (κ2) is 7.94.